The monoisotopic (exact) mass is 524 g/mol. The van der Waals surface area contributed by atoms with Crippen molar-refractivity contribution in [1.82, 2.24) is 4.72 Å². The average Bonchev–Trinajstić information content (AvgIpc) is 2.87. The van der Waals surface area contributed by atoms with Gasteiger partial charge in [0.2, 0.25) is 10.0 Å². The van der Waals surface area contributed by atoms with Gasteiger partial charge in [-0.15, -0.1) is 0 Å². The predicted octanol–water partition coefficient (Wildman–Crippen LogP) is 5.17. The molecule has 0 radical (unpaired) electrons. The summed E-state index contributed by atoms with van der Waals surface area (Å²) in [5.41, 5.74) is 4.69. The molecule has 1 saturated carbocycles. The third-order valence-electron chi connectivity index (χ3n) is 7.06. The molecule has 0 unspecified atom stereocenters. The van der Waals surface area contributed by atoms with Gasteiger partial charge in [0.05, 0.1) is 17.7 Å². The largest absolute Gasteiger partial charge is 0.497 e. The Hall–Kier alpha value is -2.87. The van der Waals surface area contributed by atoms with Gasteiger partial charge in [-0.05, 0) is 66.8 Å². The van der Waals surface area contributed by atoms with Crippen LogP contribution in [0.25, 0.3) is 0 Å². The van der Waals surface area contributed by atoms with Crippen molar-refractivity contribution in [1.29, 1.82) is 0 Å². The van der Waals surface area contributed by atoms with Crippen molar-refractivity contribution >= 4 is 27.3 Å². The first-order valence-electron chi connectivity index (χ1n) is 12.1. The van der Waals surface area contributed by atoms with Crippen LogP contribution in [0, 0.1) is 0 Å². The Bertz CT molecular complexity index is 1380. The maximum atomic E-state index is 12.6. The molecule has 1 aliphatic carbocycles. The molecule has 36 heavy (non-hydrogen) atoms. The normalized spacial score (nSPS) is 16.4. The molecule has 0 atom stereocenters. The van der Waals surface area contributed by atoms with E-state index in [4.69, 9.17) is 26.1 Å². The number of hydrogen-bond acceptors (Lipinski definition) is 5. The van der Waals surface area contributed by atoms with Crippen LogP contribution in [-0.2, 0) is 21.9 Å². The molecule has 0 saturated heterocycles. The Balaban J connectivity index is 1.29. The molecule has 0 bridgehead atoms. The van der Waals surface area contributed by atoms with E-state index < -0.39 is 10.0 Å². The van der Waals surface area contributed by atoms with Crippen LogP contribution in [-0.4, -0.2) is 40.9 Å². The molecule has 8 heteroatoms. The number of nitrogens with one attached hydrogen (secondary N) is 1. The van der Waals surface area contributed by atoms with E-state index in [0.29, 0.717) is 11.5 Å². The number of fused-ring (bicyclic) bond motifs is 1. The number of rotatable bonds is 9. The molecular weight excluding hydrogens is 496 g/mol. The van der Waals surface area contributed by atoms with Gasteiger partial charge in [-0.2, -0.15) is 0 Å². The average molecular weight is 525 g/mol. The van der Waals surface area contributed by atoms with Gasteiger partial charge in [0, 0.05) is 35.2 Å². The van der Waals surface area contributed by atoms with Crippen LogP contribution in [0.3, 0.4) is 0 Å². The van der Waals surface area contributed by atoms with Crippen LogP contribution in [0.2, 0.25) is 5.02 Å². The summed E-state index contributed by atoms with van der Waals surface area (Å²) >= 11 is 6.15. The van der Waals surface area contributed by atoms with Gasteiger partial charge in [-0.3, -0.25) is 4.99 Å². The minimum Gasteiger partial charge on any atom is -0.497 e. The highest BCUT2D eigenvalue weighted by Crippen LogP contribution is 2.48. The molecule has 0 amide bonds. The molecule has 0 spiro atoms. The fourth-order valence-corrected chi connectivity index (χ4v) is 6.20. The van der Waals surface area contributed by atoms with Crippen LogP contribution >= 0.6 is 11.6 Å². The standard InChI is InChI=1S/C28H29ClN2O4S/c1-34-23-4-2-5-25(18-23)36(32,33)31-16-17-35-24-11-6-20-12-15-30-27(26(20)19-24)28(13-3-14-28)21-7-9-22(29)10-8-21/h2,4-11,18-19,31H,3,12-17H2,1H3. The Kier molecular flexibility index (Phi) is 7.06. The van der Waals surface area contributed by atoms with Crippen molar-refractivity contribution < 1.29 is 17.9 Å². The smallest absolute Gasteiger partial charge is 0.240 e. The highest BCUT2D eigenvalue weighted by molar-refractivity contribution is 7.89. The SMILES string of the molecule is COc1cccc(S(=O)(=O)NCCOc2ccc3c(c2)C(C2(c4ccc(Cl)cc4)CCC2)=NCC3)c1. The third kappa shape index (κ3) is 4.88. The lowest BCUT2D eigenvalue weighted by Crippen LogP contribution is -2.44. The van der Waals surface area contributed by atoms with E-state index in [2.05, 4.69) is 29.0 Å². The van der Waals surface area contributed by atoms with Crippen molar-refractivity contribution in [3.63, 3.8) is 0 Å². The quantitative estimate of drug-likeness (QED) is 0.392. The number of aliphatic imine (C=N–C) groups is 1. The van der Waals surface area contributed by atoms with Crippen molar-refractivity contribution in [3.05, 3.63) is 88.4 Å². The molecule has 5 rings (SSSR count). The first-order chi connectivity index (χ1) is 17.4. The van der Waals surface area contributed by atoms with Gasteiger partial charge in [-0.1, -0.05) is 42.3 Å². The summed E-state index contributed by atoms with van der Waals surface area (Å²) in [6.07, 6.45) is 4.19. The summed E-state index contributed by atoms with van der Waals surface area (Å²) in [7, 11) is -2.15. The van der Waals surface area contributed by atoms with Gasteiger partial charge in [-0.25, -0.2) is 13.1 Å². The van der Waals surface area contributed by atoms with E-state index in [0.717, 1.165) is 42.1 Å². The van der Waals surface area contributed by atoms with Crippen molar-refractivity contribution in [2.45, 2.75) is 36.0 Å². The van der Waals surface area contributed by atoms with E-state index in [-0.39, 0.29) is 23.5 Å². The number of ether oxygens (including phenoxy) is 2. The molecule has 2 aliphatic rings. The van der Waals surface area contributed by atoms with Crippen LogP contribution < -0.4 is 14.2 Å². The topological polar surface area (TPSA) is 77.0 Å². The Morgan fingerprint density at radius 3 is 2.56 bits per heavy atom. The van der Waals surface area contributed by atoms with Crippen LogP contribution in [0.15, 0.2) is 76.6 Å². The van der Waals surface area contributed by atoms with Crippen molar-refractivity contribution in [3.8, 4) is 11.5 Å². The fourth-order valence-electron chi connectivity index (χ4n) is 5.02. The molecule has 3 aromatic carbocycles. The first kappa shape index (κ1) is 24.8. The lowest BCUT2D eigenvalue weighted by atomic mass is 9.59. The molecule has 1 fully saturated rings. The zero-order valence-electron chi connectivity index (χ0n) is 20.2. The predicted molar refractivity (Wildman–Crippen MR) is 142 cm³/mol. The number of sulfonamides is 1. The highest BCUT2D eigenvalue weighted by atomic mass is 35.5. The summed E-state index contributed by atoms with van der Waals surface area (Å²) in [4.78, 5) is 5.16. The fraction of sp³-hybridized carbons (Fsp3) is 0.321. The summed E-state index contributed by atoms with van der Waals surface area (Å²) in [6.45, 7) is 1.13. The van der Waals surface area contributed by atoms with Gasteiger partial charge in [0.25, 0.3) is 0 Å². The lowest BCUT2D eigenvalue weighted by molar-refractivity contribution is 0.322. The summed E-state index contributed by atoms with van der Waals surface area (Å²) in [6, 6.07) is 20.6. The van der Waals surface area contributed by atoms with Gasteiger partial charge in [0.1, 0.15) is 18.1 Å². The molecule has 1 N–H and O–H groups in total. The van der Waals surface area contributed by atoms with Gasteiger partial charge >= 0.3 is 0 Å². The Morgan fingerprint density at radius 1 is 1.03 bits per heavy atom. The number of methoxy groups -OCH3 is 1. The third-order valence-corrected chi connectivity index (χ3v) is 8.77. The molecule has 6 nitrogen and oxygen atoms in total. The summed E-state index contributed by atoms with van der Waals surface area (Å²) in [5.74, 6) is 1.19. The highest BCUT2D eigenvalue weighted by Gasteiger charge is 2.45. The number of hydrogen-bond donors (Lipinski definition) is 1. The number of halogens is 1. The molecule has 0 aromatic heterocycles. The minimum absolute atomic E-state index is 0.0925. The molecular formula is C28H29ClN2O4S. The van der Waals surface area contributed by atoms with E-state index in [1.807, 2.05) is 18.2 Å². The molecule has 3 aromatic rings. The first-order valence-corrected chi connectivity index (χ1v) is 14.0. The number of benzene rings is 3. The second kappa shape index (κ2) is 10.2. The van der Waals surface area contributed by atoms with E-state index in [9.17, 15) is 8.42 Å². The second-order valence-electron chi connectivity index (χ2n) is 9.17. The number of nitrogens with zero attached hydrogens (tertiary/aromatic N) is 1. The minimum atomic E-state index is -3.66. The summed E-state index contributed by atoms with van der Waals surface area (Å²) in [5, 5.41) is 0.733. The lowest BCUT2D eigenvalue weighted by Gasteiger charge is -2.45. The van der Waals surface area contributed by atoms with Crippen molar-refractivity contribution in [2.75, 3.05) is 26.8 Å². The Labute approximate surface area is 217 Å². The second-order valence-corrected chi connectivity index (χ2v) is 11.4. The van der Waals surface area contributed by atoms with Crippen LogP contribution in [0.4, 0.5) is 0 Å². The maximum Gasteiger partial charge on any atom is 0.240 e. The van der Waals surface area contributed by atoms with Gasteiger partial charge < -0.3 is 9.47 Å². The van der Waals surface area contributed by atoms with Gasteiger partial charge in [0.15, 0.2) is 0 Å². The maximum absolute atomic E-state index is 12.6. The summed E-state index contributed by atoms with van der Waals surface area (Å²) < 4.78 is 38.9. The van der Waals surface area contributed by atoms with E-state index in [1.54, 1.807) is 12.1 Å². The van der Waals surface area contributed by atoms with Crippen LogP contribution in [0.5, 0.6) is 11.5 Å². The zero-order valence-corrected chi connectivity index (χ0v) is 21.7. The van der Waals surface area contributed by atoms with Crippen molar-refractivity contribution in [2.24, 2.45) is 4.99 Å². The Morgan fingerprint density at radius 2 is 1.83 bits per heavy atom. The molecule has 188 valence electrons. The van der Waals surface area contributed by atoms with E-state index in [1.165, 1.54) is 36.8 Å². The van der Waals surface area contributed by atoms with Crippen LogP contribution in [0.1, 0.15) is 36.0 Å². The zero-order chi connectivity index (χ0) is 25.2. The molecule has 1 heterocycles. The van der Waals surface area contributed by atoms with E-state index >= 15 is 0 Å². The molecule has 1 aliphatic heterocycles.